The molecule has 1 aliphatic carbocycles. The van der Waals surface area contributed by atoms with Crippen LogP contribution in [0, 0.1) is 5.92 Å². The number of carbonyl (C=O) groups excluding carboxylic acids is 1. The lowest BCUT2D eigenvalue weighted by Crippen LogP contribution is -2.65. The molecule has 132 valence electrons. The molecule has 3 aliphatic rings. The van der Waals surface area contributed by atoms with Gasteiger partial charge in [-0.3, -0.25) is 9.69 Å². The van der Waals surface area contributed by atoms with Crippen LogP contribution in [0.2, 0.25) is 0 Å². The molecule has 3 nitrogen and oxygen atoms in total. The van der Waals surface area contributed by atoms with Crippen molar-refractivity contribution in [3.8, 4) is 5.75 Å². The highest BCUT2D eigenvalue weighted by Crippen LogP contribution is 2.60. The number of piperidine rings is 1. The molecule has 2 aromatic rings. The minimum Gasteiger partial charge on any atom is -0.467 e. The molecule has 2 fully saturated rings. The minimum atomic E-state index is -0.549. The van der Waals surface area contributed by atoms with E-state index in [-0.39, 0.29) is 23.8 Å². The Kier molecular flexibility index (Phi) is 3.30. The first kappa shape index (κ1) is 15.7. The molecular weight excluding hydrogens is 322 g/mol. The second kappa shape index (κ2) is 5.47. The highest BCUT2D eigenvalue weighted by molar-refractivity contribution is 5.97. The van der Waals surface area contributed by atoms with Crippen LogP contribution in [0.1, 0.15) is 49.3 Å². The maximum Gasteiger partial charge on any atom is 0.253 e. The van der Waals surface area contributed by atoms with Gasteiger partial charge in [-0.15, -0.1) is 0 Å². The summed E-state index contributed by atoms with van der Waals surface area (Å²) in [5.41, 5.74) is 2.42. The molecule has 1 amide bonds. The zero-order chi connectivity index (χ0) is 17.9. The van der Waals surface area contributed by atoms with Crippen molar-refractivity contribution in [2.24, 2.45) is 5.92 Å². The Hall–Kier alpha value is -2.55. The van der Waals surface area contributed by atoms with Gasteiger partial charge in [-0.05, 0) is 31.4 Å². The van der Waals surface area contributed by atoms with E-state index in [4.69, 9.17) is 4.74 Å². The number of hydrogen-bond donors (Lipinski definition) is 0. The van der Waals surface area contributed by atoms with E-state index in [1.165, 1.54) is 0 Å². The third-order valence-corrected chi connectivity index (χ3v) is 6.52. The zero-order valence-electron chi connectivity index (χ0n) is 15.0. The average molecular weight is 345 g/mol. The Bertz CT molecular complexity index is 890. The van der Waals surface area contributed by atoms with E-state index in [1.807, 2.05) is 41.3 Å². The molecule has 0 aromatic heterocycles. The monoisotopic (exact) mass is 345 g/mol. The lowest BCUT2D eigenvalue weighted by Gasteiger charge is -2.56. The Morgan fingerprint density at radius 2 is 1.88 bits per heavy atom. The van der Waals surface area contributed by atoms with Crippen molar-refractivity contribution in [1.29, 1.82) is 0 Å². The minimum absolute atomic E-state index is 0.0407. The molecule has 0 spiro atoms. The molecule has 0 radical (unpaired) electrons. The third-order valence-electron chi connectivity index (χ3n) is 6.52. The van der Waals surface area contributed by atoms with Gasteiger partial charge in [0.05, 0.1) is 6.04 Å². The molecule has 1 saturated heterocycles. The molecule has 0 N–H and O–H groups in total. The van der Waals surface area contributed by atoms with E-state index in [9.17, 15) is 4.79 Å². The van der Waals surface area contributed by atoms with Gasteiger partial charge in [0, 0.05) is 29.4 Å². The molecular formula is C23H23NO2. The molecule has 2 aromatic carbocycles. The molecule has 2 aliphatic heterocycles. The summed E-state index contributed by atoms with van der Waals surface area (Å²) in [4.78, 5) is 15.4. The van der Waals surface area contributed by atoms with Gasteiger partial charge in [0.15, 0.2) is 5.72 Å². The van der Waals surface area contributed by atoms with E-state index >= 15 is 0 Å². The molecule has 26 heavy (non-hydrogen) atoms. The lowest BCUT2D eigenvalue weighted by atomic mass is 9.70. The second-order valence-corrected chi connectivity index (χ2v) is 7.75. The zero-order valence-corrected chi connectivity index (χ0v) is 15.0. The summed E-state index contributed by atoms with van der Waals surface area (Å²) >= 11 is 0. The maximum atomic E-state index is 13.4. The molecule has 0 unspecified atom stereocenters. The number of benzene rings is 2. The van der Waals surface area contributed by atoms with Crippen molar-refractivity contribution < 1.29 is 9.53 Å². The first-order valence-electron chi connectivity index (χ1n) is 9.49. The van der Waals surface area contributed by atoms with Crippen LogP contribution in [-0.2, 0) is 4.79 Å². The van der Waals surface area contributed by atoms with Crippen molar-refractivity contribution in [2.75, 3.05) is 0 Å². The fourth-order valence-corrected chi connectivity index (χ4v) is 5.40. The van der Waals surface area contributed by atoms with E-state index < -0.39 is 5.72 Å². The van der Waals surface area contributed by atoms with Crippen molar-refractivity contribution in [2.45, 2.75) is 43.9 Å². The smallest absolute Gasteiger partial charge is 0.253 e. The van der Waals surface area contributed by atoms with E-state index in [0.717, 1.165) is 36.1 Å². The SMILES string of the molecule is C=C1C(=O)N([C@@H](C)c2ccccc2)[C@@]23CCC[C@@H]2[C@@H]1c1ccccc1O3. The van der Waals surface area contributed by atoms with E-state index in [2.05, 4.69) is 31.7 Å². The Balaban J connectivity index is 1.68. The largest absolute Gasteiger partial charge is 0.467 e. The standard InChI is InChI=1S/C23H23NO2/c1-15-21-18-11-6-7-13-20(18)26-23(14-8-12-19(21)23)24(22(15)25)16(2)17-9-4-3-5-10-17/h3-7,9-11,13,16,19,21H,1,8,12,14H2,2H3/t16-,19+,21-,23+/m0/s1. The first-order chi connectivity index (χ1) is 12.6. The molecule has 4 atom stereocenters. The summed E-state index contributed by atoms with van der Waals surface area (Å²) in [6.07, 6.45) is 3.04. The quantitative estimate of drug-likeness (QED) is 0.731. The first-order valence-corrected chi connectivity index (χ1v) is 9.49. The topological polar surface area (TPSA) is 29.5 Å². The number of likely N-dealkylation sites (tertiary alicyclic amines) is 1. The number of carbonyl (C=O) groups is 1. The highest BCUT2D eigenvalue weighted by atomic mass is 16.5. The van der Waals surface area contributed by atoms with Crippen molar-refractivity contribution in [1.82, 2.24) is 4.90 Å². The van der Waals surface area contributed by atoms with Crippen molar-refractivity contribution in [3.05, 3.63) is 77.9 Å². The molecule has 1 saturated carbocycles. The van der Waals surface area contributed by atoms with Crippen LogP contribution in [0.25, 0.3) is 0 Å². The predicted octanol–water partition coefficient (Wildman–Crippen LogP) is 4.82. The summed E-state index contributed by atoms with van der Waals surface area (Å²) in [6.45, 7) is 6.36. The number of rotatable bonds is 2. The van der Waals surface area contributed by atoms with Gasteiger partial charge >= 0.3 is 0 Å². The number of ether oxygens (including phenoxy) is 1. The third kappa shape index (κ3) is 1.91. The van der Waals surface area contributed by atoms with Gasteiger partial charge in [0.25, 0.3) is 5.91 Å². The normalized spacial score (nSPS) is 30.4. The van der Waals surface area contributed by atoms with Crippen LogP contribution in [0.4, 0.5) is 0 Å². The number of para-hydroxylation sites is 1. The van der Waals surface area contributed by atoms with Gasteiger partial charge in [-0.2, -0.15) is 0 Å². The van der Waals surface area contributed by atoms with Crippen LogP contribution >= 0.6 is 0 Å². The Morgan fingerprint density at radius 1 is 1.15 bits per heavy atom. The van der Waals surface area contributed by atoms with Crippen LogP contribution in [0.15, 0.2) is 66.7 Å². The Labute approximate surface area is 154 Å². The average Bonchev–Trinajstić information content (AvgIpc) is 3.10. The van der Waals surface area contributed by atoms with Gasteiger partial charge in [-0.1, -0.05) is 55.1 Å². The van der Waals surface area contributed by atoms with Gasteiger partial charge in [-0.25, -0.2) is 0 Å². The second-order valence-electron chi connectivity index (χ2n) is 7.75. The van der Waals surface area contributed by atoms with E-state index in [1.54, 1.807) is 0 Å². The van der Waals surface area contributed by atoms with Crippen LogP contribution in [0.3, 0.4) is 0 Å². The molecule has 3 heteroatoms. The van der Waals surface area contributed by atoms with Crippen molar-refractivity contribution in [3.63, 3.8) is 0 Å². The summed E-state index contributed by atoms with van der Waals surface area (Å²) in [5, 5.41) is 0. The number of fused-ring (bicyclic) bond motifs is 2. The summed E-state index contributed by atoms with van der Waals surface area (Å²) in [5.74, 6) is 1.32. The van der Waals surface area contributed by atoms with Crippen LogP contribution < -0.4 is 4.74 Å². The van der Waals surface area contributed by atoms with Crippen LogP contribution in [-0.4, -0.2) is 16.5 Å². The number of hydrogen-bond acceptors (Lipinski definition) is 2. The molecule has 2 heterocycles. The van der Waals surface area contributed by atoms with Gasteiger partial charge in [0.2, 0.25) is 0 Å². The highest BCUT2D eigenvalue weighted by Gasteiger charge is 2.63. The van der Waals surface area contributed by atoms with Crippen molar-refractivity contribution >= 4 is 5.91 Å². The maximum absolute atomic E-state index is 13.4. The molecule has 2 bridgehead atoms. The van der Waals surface area contributed by atoms with E-state index in [0.29, 0.717) is 5.57 Å². The molecule has 5 rings (SSSR count). The summed E-state index contributed by atoms with van der Waals surface area (Å²) < 4.78 is 6.65. The number of nitrogens with zero attached hydrogens (tertiary/aromatic N) is 1. The lowest BCUT2D eigenvalue weighted by molar-refractivity contribution is -0.180. The fourth-order valence-electron chi connectivity index (χ4n) is 5.40. The summed E-state index contributed by atoms with van der Waals surface area (Å²) in [6, 6.07) is 18.4. The van der Waals surface area contributed by atoms with Gasteiger partial charge in [0.1, 0.15) is 5.75 Å². The summed E-state index contributed by atoms with van der Waals surface area (Å²) in [7, 11) is 0. The fraction of sp³-hybridized carbons (Fsp3) is 0.348. The Morgan fingerprint density at radius 3 is 2.69 bits per heavy atom. The van der Waals surface area contributed by atoms with Gasteiger partial charge < -0.3 is 4.74 Å². The van der Waals surface area contributed by atoms with Crippen LogP contribution in [0.5, 0.6) is 5.75 Å². The predicted molar refractivity (Wildman–Crippen MR) is 101 cm³/mol. The number of amides is 1.